The van der Waals surface area contributed by atoms with Gasteiger partial charge in [0, 0.05) is 7.05 Å². The smallest absolute Gasteiger partial charge is 0.399 e. The van der Waals surface area contributed by atoms with E-state index in [0.29, 0.717) is 22.5 Å². The highest BCUT2D eigenvalue weighted by atomic mass is 35.5. The second-order valence-corrected chi connectivity index (χ2v) is 10.6. The molecule has 2 heterocycles. The quantitative estimate of drug-likeness (QED) is 0.708. The van der Waals surface area contributed by atoms with Gasteiger partial charge in [0.15, 0.2) is 0 Å². The Labute approximate surface area is 181 Å². The van der Waals surface area contributed by atoms with Crippen LogP contribution in [0.1, 0.15) is 39.1 Å². The molecule has 1 aliphatic rings. The number of anilines is 1. The first-order valence-corrected chi connectivity index (χ1v) is 11.3. The Bertz CT molecular complexity index is 1040. The number of aromatic nitrogens is 2. The zero-order valence-electron chi connectivity index (χ0n) is 17.4. The number of hydrogen-bond donors (Lipinski definition) is 1. The lowest BCUT2D eigenvalue weighted by Gasteiger charge is -2.32. The molecule has 0 saturated carbocycles. The summed E-state index contributed by atoms with van der Waals surface area (Å²) in [7, 11) is -3.01. The Balaban J connectivity index is 1.98. The minimum absolute atomic E-state index is 0.0195. The molecule has 0 unspecified atom stereocenters. The largest absolute Gasteiger partial charge is 0.494 e. The Kier molecular flexibility index (Phi) is 5.54. The molecule has 7 nitrogen and oxygen atoms in total. The SMILES string of the molecule is Cc1nn(C)c(C)c1NS(=O)(=O)c1c(Cl)cc(B2OC(C)(C)C(C)(C)O2)cc1Cl. The van der Waals surface area contributed by atoms with Crippen LogP contribution in [-0.4, -0.2) is 36.5 Å². The minimum Gasteiger partial charge on any atom is -0.399 e. The maximum Gasteiger partial charge on any atom is 0.494 e. The molecule has 0 atom stereocenters. The number of rotatable bonds is 4. The van der Waals surface area contributed by atoms with Gasteiger partial charge in [-0.05, 0) is 59.1 Å². The van der Waals surface area contributed by atoms with Crippen LogP contribution in [0, 0.1) is 13.8 Å². The number of nitrogens with one attached hydrogen (secondary N) is 1. The topological polar surface area (TPSA) is 82.5 Å². The van der Waals surface area contributed by atoms with Gasteiger partial charge in [-0.15, -0.1) is 0 Å². The summed E-state index contributed by atoms with van der Waals surface area (Å²) in [6.07, 6.45) is 0. The molecule has 0 aliphatic carbocycles. The first-order valence-electron chi connectivity index (χ1n) is 9.04. The molecule has 1 saturated heterocycles. The highest BCUT2D eigenvalue weighted by Crippen LogP contribution is 2.38. The van der Waals surface area contributed by atoms with Crippen molar-refractivity contribution in [1.29, 1.82) is 0 Å². The van der Waals surface area contributed by atoms with Crippen molar-refractivity contribution < 1.29 is 17.7 Å². The van der Waals surface area contributed by atoms with Crippen molar-refractivity contribution >= 4 is 51.5 Å². The van der Waals surface area contributed by atoms with E-state index in [9.17, 15) is 8.42 Å². The van der Waals surface area contributed by atoms with E-state index in [0.717, 1.165) is 0 Å². The van der Waals surface area contributed by atoms with Crippen LogP contribution in [-0.2, 0) is 26.4 Å². The normalized spacial score (nSPS) is 18.3. The number of aryl methyl sites for hydroxylation is 2. The van der Waals surface area contributed by atoms with E-state index in [2.05, 4.69) is 9.82 Å². The summed E-state index contributed by atoms with van der Waals surface area (Å²) in [6, 6.07) is 3.01. The molecule has 3 rings (SSSR count). The monoisotopic (exact) mass is 459 g/mol. The molecule has 0 bridgehead atoms. The summed E-state index contributed by atoms with van der Waals surface area (Å²) in [5.74, 6) is 0. The van der Waals surface area contributed by atoms with E-state index in [1.54, 1.807) is 25.6 Å². The van der Waals surface area contributed by atoms with Gasteiger partial charge in [-0.1, -0.05) is 23.2 Å². The molecular formula is C18H24BCl2N3O4S. The van der Waals surface area contributed by atoms with E-state index >= 15 is 0 Å². The molecule has 11 heteroatoms. The van der Waals surface area contributed by atoms with Crippen LogP contribution in [0.5, 0.6) is 0 Å². The third-order valence-electron chi connectivity index (χ3n) is 5.56. The van der Waals surface area contributed by atoms with Crippen molar-refractivity contribution in [3.63, 3.8) is 0 Å². The molecule has 0 radical (unpaired) electrons. The first-order chi connectivity index (χ1) is 13.2. The lowest BCUT2D eigenvalue weighted by molar-refractivity contribution is 0.00578. The lowest BCUT2D eigenvalue weighted by atomic mass is 9.79. The fourth-order valence-corrected chi connectivity index (χ4v) is 5.47. The number of hydrogen-bond acceptors (Lipinski definition) is 5. The summed E-state index contributed by atoms with van der Waals surface area (Å²) in [6.45, 7) is 11.2. The highest BCUT2D eigenvalue weighted by Gasteiger charge is 2.52. The first kappa shape index (κ1) is 22.4. The standard InChI is InChI=1S/C18H24BCl2N3O4S/c1-10-15(11(2)24(7)22-10)23-29(25,26)16-13(20)8-12(9-14(16)21)19-27-17(3,4)18(5,6)28-19/h8-9,23H,1-7H3. The zero-order valence-corrected chi connectivity index (χ0v) is 19.8. The molecule has 0 amide bonds. The second-order valence-electron chi connectivity index (χ2n) is 8.18. The van der Waals surface area contributed by atoms with Crippen LogP contribution in [0.3, 0.4) is 0 Å². The van der Waals surface area contributed by atoms with Gasteiger partial charge in [0.1, 0.15) is 4.90 Å². The van der Waals surface area contributed by atoms with Gasteiger partial charge in [-0.2, -0.15) is 5.10 Å². The summed E-state index contributed by atoms with van der Waals surface area (Å²) in [5, 5.41) is 4.18. The van der Waals surface area contributed by atoms with Crippen molar-refractivity contribution in [1.82, 2.24) is 9.78 Å². The molecule has 1 N–H and O–H groups in total. The Hall–Kier alpha value is -1.26. The van der Waals surface area contributed by atoms with Crippen molar-refractivity contribution in [2.75, 3.05) is 4.72 Å². The molecule has 29 heavy (non-hydrogen) atoms. The maximum absolute atomic E-state index is 13.0. The molecule has 2 aromatic rings. The fourth-order valence-electron chi connectivity index (χ4n) is 3.06. The molecular weight excluding hydrogens is 436 g/mol. The van der Waals surface area contributed by atoms with Gasteiger partial charge >= 0.3 is 7.12 Å². The van der Waals surface area contributed by atoms with Gasteiger partial charge < -0.3 is 9.31 Å². The van der Waals surface area contributed by atoms with Crippen LogP contribution in [0.2, 0.25) is 10.0 Å². The second kappa shape index (κ2) is 7.16. The van der Waals surface area contributed by atoms with E-state index < -0.39 is 28.3 Å². The summed E-state index contributed by atoms with van der Waals surface area (Å²) in [5.41, 5.74) is 1.08. The van der Waals surface area contributed by atoms with Crippen molar-refractivity contribution in [3.8, 4) is 0 Å². The summed E-state index contributed by atoms with van der Waals surface area (Å²) >= 11 is 12.7. The third kappa shape index (κ3) is 3.91. The highest BCUT2D eigenvalue weighted by molar-refractivity contribution is 7.93. The van der Waals surface area contributed by atoms with E-state index in [1.807, 2.05) is 27.7 Å². The van der Waals surface area contributed by atoms with Crippen LogP contribution in [0.15, 0.2) is 17.0 Å². The average Bonchev–Trinajstić information content (AvgIpc) is 2.91. The average molecular weight is 460 g/mol. The van der Waals surface area contributed by atoms with Crippen LogP contribution in [0.4, 0.5) is 5.69 Å². The molecule has 0 spiro atoms. The fraction of sp³-hybridized carbons (Fsp3) is 0.500. The van der Waals surface area contributed by atoms with Crippen molar-refractivity contribution in [3.05, 3.63) is 33.6 Å². The number of nitrogens with zero attached hydrogens (tertiary/aromatic N) is 2. The summed E-state index contributed by atoms with van der Waals surface area (Å²) in [4.78, 5) is -0.205. The molecule has 1 aromatic carbocycles. The molecule has 1 fully saturated rings. The van der Waals surface area contributed by atoms with Gasteiger partial charge in [0.05, 0.1) is 38.3 Å². The predicted octanol–water partition coefficient (Wildman–Crippen LogP) is 3.44. The Morgan fingerprint density at radius 2 is 1.55 bits per heavy atom. The minimum atomic E-state index is -4.04. The van der Waals surface area contributed by atoms with Gasteiger partial charge in [-0.3, -0.25) is 9.40 Å². The molecule has 158 valence electrons. The van der Waals surface area contributed by atoms with Crippen LogP contribution >= 0.6 is 23.2 Å². The van der Waals surface area contributed by atoms with Gasteiger partial charge in [0.2, 0.25) is 0 Å². The van der Waals surface area contributed by atoms with Crippen molar-refractivity contribution in [2.24, 2.45) is 7.05 Å². The number of benzene rings is 1. The predicted molar refractivity (Wildman–Crippen MR) is 116 cm³/mol. The third-order valence-corrected chi connectivity index (χ3v) is 7.83. The lowest BCUT2D eigenvalue weighted by Crippen LogP contribution is -2.41. The molecule has 1 aliphatic heterocycles. The molecule has 1 aromatic heterocycles. The van der Waals surface area contributed by atoms with Gasteiger partial charge in [-0.25, -0.2) is 8.42 Å². The number of halogens is 2. The van der Waals surface area contributed by atoms with Crippen LogP contribution < -0.4 is 10.2 Å². The summed E-state index contributed by atoms with van der Waals surface area (Å²) < 4.78 is 42.2. The van der Waals surface area contributed by atoms with Crippen molar-refractivity contribution in [2.45, 2.75) is 57.6 Å². The number of sulfonamides is 1. The van der Waals surface area contributed by atoms with Gasteiger partial charge in [0.25, 0.3) is 10.0 Å². The Morgan fingerprint density at radius 1 is 1.07 bits per heavy atom. The maximum atomic E-state index is 13.0. The van der Waals surface area contributed by atoms with Crippen LogP contribution in [0.25, 0.3) is 0 Å². The Morgan fingerprint density at radius 3 is 1.97 bits per heavy atom. The van der Waals surface area contributed by atoms with E-state index in [4.69, 9.17) is 32.5 Å². The van der Waals surface area contributed by atoms with E-state index in [-0.39, 0.29) is 14.9 Å². The van der Waals surface area contributed by atoms with E-state index in [1.165, 1.54) is 12.1 Å². The zero-order chi connectivity index (χ0) is 21.9.